The zero-order chi connectivity index (χ0) is 30.5. The summed E-state index contributed by atoms with van der Waals surface area (Å²) in [6.07, 6.45) is 8.64. The number of phenols is 1. The number of Topliss-reactive ketones (excluding diaryl/α,β-unsaturated/α-hetero) is 1. The minimum atomic E-state index is -0.396. The normalized spacial score (nSPS) is 45.6. The van der Waals surface area contributed by atoms with Gasteiger partial charge in [-0.25, -0.2) is 4.79 Å². The summed E-state index contributed by atoms with van der Waals surface area (Å²) in [5, 5.41) is 21.8. The fraction of sp³-hybridized carbons (Fsp3) is 0.730. The second-order valence-electron chi connectivity index (χ2n) is 16.6. The van der Waals surface area contributed by atoms with E-state index >= 15 is 0 Å². The summed E-state index contributed by atoms with van der Waals surface area (Å²) in [5.41, 5.74) is 1.33. The Hall–Kier alpha value is -2.14. The topological polar surface area (TPSA) is 83.8 Å². The number of aliphatic hydroxyl groups excluding tert-OH is 1. The Bertz CT molecular complexity index is 1280. The Labute approximate surface area is 252 Å². The molecular formula is C37H52O5. The van der Waals surface area contributed by atoms with Gasteiger partial charge >= 0.3 is 5.97 Å². The van der Waals surface area contributed by atoms with Crippen molar-refractivity contribution in [2.24, 2.45) is 56.7 Å². The lowest BCUT2D eigenvalue weighted by Crippen LogP contribution is -2.69. The third-order valence-corrected chi connectivity index (χ3v) is 14.6. The van der Waals surface area contributed by atoms with Gasteiger partial charge in [0.15, 0.2) is 0 Å². The van der Waals surface area contributed by atoms with E-state index in [0.29, 0.717) is 35.5 Å². The van der Waals surface area contributed by atoms with E-state index in [-0.39, 0.29) is 57.4 Å². The van der Waals surface area contributed by atoms with Crippen molar-refractivity contribution >= 4 is 11.8 Å². The number of hydrogen-bond donors (Lipinski definition) is 2. The quantitative estimate of drug-likeness (QED) is 0.283. The summed E-state index contributed by atoms with van der Waals surface area (Å²) in [6.45, 7) is 18.9. The first-order valence-electron chi connectivity index (χ1n) is 16.4. The van der Waals surface area contributed by atoms with Crippen molar-refractivity contribution in [1.82, 2.24) is 0 Å². The molecule has 5 nitrogen and oxygen atoms in total. The van der Waals surface area contributed by atoms with Crippen LogP contribution in [0.4, 0.5) is 0 Å². The lowest BCUT2D eigenvalue weighted by Gasteiger charge is -2.73. The summed E-state index contributed by atoms with van der Waals surface area (Å²) in [5.74, 6) is 1.67. The molecule has 230 valence electrons. The number of carbonyl (C=O) groups excluding carboxylic acids is 2. The fourth-order valence-corrected chi connectivity index (χ4v) is 12.2. The average Bonchev–Trinajstić information content (AvgIpc) is 3.28. The van der Waals surface area contributed by atoms with Crippen molar-refractivity contribution in [3.63, 3.8) is 0 Å². The maximum atomic E-state index is 13.1. The minimum absolute atomic E-state index is 0.00180. The summed E-state index contributed by atoms with van der Waals surface area (Å²) in [7, 11) is 0. The Balaban J connectivity index is 1.28. The van der Waals surface area contributed by atoms with Crippen LogP contribution in [-0.2, 0) is 9.53 Å². The SMILES string of the molecule is C=C(COC(=O)c1ccc(O)cc1)[C@@H]1CC[C@]2(C)CC[C@]3(C)C(C[C@@H](O)C4[C@@]5(C)CCC(=O)C(C)(C)C5CC[C@]43C)C12. The molecule has 0 spiro atoms. The van der Waals surface area contributed by atoms with Crippen LogP contribution >= 0.6 is 0 Å². The van der Waals surface area contributed by atoms with Gasteiger partial charge in [0.2, 0.25) is 0 Å². The molecule has 5 saturated carbocycles. The highest BCUT2D eigenvalue weighted by Gasteiger charge is 2.72. The van der Waals surface area contributed by atoms with Crippen molar-refractivity contribution in [2.45, 2.75) is 105 Å². The highest BCUT2D eigenvalue weighted by atomic mass is 16.5. The summed E-state index contributed by atoms with van der Waals surface area (Å²) >= 11 is 0. The Kier molecular flexibility index (Phi) is 6.89. The maximum absolute atomic E-state index is 13.1. The van der Waals surface area contributed by atoms with Gasteiger partial charge in [0.05, 0.1) is 11.7 Å². The summed E-state index contributed by atoms with van der Waals surface area (Å²) in [4.78, 5) is 25.8. The first-order valence-corrected chi connectivity index (χ1v) is 16.4. The maximum Gasteiger partial charge on any atom is 0.338 e. The molecule has 0 amide bonds. The molecule has 5 heteroatoms. The van der Waals surface area contributed by atoms with Crippen LogP contribution in [0.3, 0.4) is 0 Å². The molecule has 0 aromatic heterocycles. The van der Waals surface area contributed by atoms with E-state index < -0.39 is 5.97 Å². The summed E-state index contributed by atoms with van der Waals surface area (Å²) in [6, 6.07) is 6.16. The Morgan fingerprint density at radius 1 is 0.952 bits per heavy atom. The number of carbonyl (C=O) groups is 2. The van der Waals surface area contributed by atoms with Crippen LogP contribution in [0.25, 0.3) is 0 Å². The van der Waals surface area contributed by atoms with Crippen LogP contribution < -0.4 is 0 Å². The molecule has 0 aliphatic heterocycles. The van der Waals surface area contributed by atoms with E-state index in [4.69, 9.17) is 4.74 Å². The van der Waals surface area contributed by atoms with E-state index in [1.807, 2.05) is 0 Å². The molecule has 10 atom stereocenters. The molecule has 0 saturated heterocycles. The smallest absolute Gasteiger partial charge is 0.338 e. The second kappa shape index (κ2) is 9.68. The Morgan fingerprint density at radius 2 is 1.64 bits per heavy atom. The third kappa shape index (κ3) is 4.04. The van der Waals surface area contributed by atoms with Gasteiger partial charge in [0, 0.05) is 11.8 Å². The second-order valence-corrected chi connectivity index (χ2v) is 16.6. The number of esters is 1. The van der Waals surface area contributed by atoms with Crippen LogP contribution in [0.2, 0.25) is 0 Å². The van der Waals surface area contributed by atoms with Crippen molar-refractivity contribution in [3.05, 3.63) is 42.0 Å². The minimum Gasteiger partial charge on any atom is -0.508 e. The molecule has 2 N–H and O–H groups in total. The van der Waals surface area contributed by atoms with Crippen molar-refractivity contribution in [2.75, 3.05) is 6.61 Å². The number of aromatic hydroxyl groups is 1. The predicted octanol–water partition coefficient (Wildman–Crippen LogP) is 7.75. The number of aliphatic hydroxyl groups is 1. The van der Waals surface area contributed by atoms with E-state index in [1.54, 1.807) is 12.1 Å². The molecule has 42 heavy (non-hydrogen) atoms. The van der Waals surface area contributed by atoms with Crippen LogP contribution in [-0.4, -0.2) is 34.7 Å². The first-order chi connectivity index (χ1) is 19.6. The third-order valence-electron chi connectivity index (χ3n) is 14.6. The monoisotopic (exact) mass is 576 g/mol. The van der Waals surface area contributed by atoms with Crippen molar-refractivity contribution in [1.29, 1.82) is 0 Å². The zero-order valence-electron chi connectivity index (χ0n) is 26.7. The van der Waals surface area contributed by atoms with Crippen LogP contribution in [0, 0.1) is 56.7 Å². The van der Waals surface area contributed by atoms with Gasteiger partial charge in [-0.1, -0.05) is 48.1 Å². The highest BCUT2D eigenvalue weighted by molar-refractivity contribution is 5.89. The van der Waals surface area contributed by atoms with Gasteiger partial charge in [-0.3, -0.25) is 4.79 Å². The standard InChI is InChI=1S/C37H52O5/c1-22(21-42-32(41)23-8-10-24(38)11-9-23)25-12-15-34(4)18-19-36(6)26(30(25)34)20-27(39)31-35(5)16-14-29(40)33(2,3)28(35)13-17-37(31,36)7/h8-11,25-28,30-31,38-39H,1,12-21H2,2-7H3/t25-,26?,27+,28?,30?,31?,34+,35-,36+,37+/m0/s1. The van der Waals surface area contributed by atoms with Gasteiger partial charge < -0.3 is 14.9 Å². The predicted molar refractivity (Wildman–Crippen MR) is 164 cm³/mol. The summed E-state index contributed by atoms with van der Waals surface area (Å²) < 4.78 is 5.75. The van der Waals surface area contributed by atoms with E-state index in [0.717, 1.165) is 44.1 Å². The molecule has 1 aromatic carbocycles. The van der Waals surface area contributed by atoms with Crippen molar-refractivity contribution in [3.8, 4) is 5.75 Å². The fourth-order valence-electron chi connectivity index (χ4n) is 12.2. The van der Waals surface area contributed by atoms with Crippen molar-refractivity contribution < 1.29 is 24.5 Å². The number of ketones is 1. The van der Waals surface area contributed by atoms with Gasteiger partial charge in [-0.2, -0.15) is 0 Å². The van der Waals surface area contributed by atoms with Crippen LogP contribution in [0.5, 0.6) is 5.75 Å². The molecular weight excluding hydrogens is 524 g/mol. The average molecular weight is 577 g/mol. The molecule has 1 aromatic rings. The molecule has 5 aliphatic carbocycles. The van der Waals surface area contributed by atoms with E-state index in [2.05, 4.69) is 48.1 Å². The molecule has 4 unspecified atom stereocenters. The highest BCUT2D eigenvalue weighted by Crippen LogP contribution is 2.77. The lowest BCUT2D eigenvalue weighted by molar-refractivity contribution is -0.264. The van der Waals surface area contributed by atoms with Gasteiger partial charge in [0.1, 0.15) is 18.1 Å². The van der Waals surface area contributed by atoms with Crippen LogP contribution in [0.15, 0.2) is 36.4 Å². The number of phenolic OH excluding ortho intramolecular Hbond substituents is 1. The molecule has 6 rings (SSSR count). The number of hydrogen-bond acceptors (Lipinski definition) is 5. The zero-order valence-corrected chi connectivity index (χ0v) is 26.7. The lowest BCUT2D eigenvalue weighted by atomic mass is 9.32. The van der Waals surface area contributed by atoms with Gasteiger partial charge in [-0.15, -0.1) is 0 Å². The van der Waals surface area contributed by atoms with E-state index in [1.165, 1.54) is 25.0 Å². The van der Waals surface area contributed by atoms with Gasteiger partial charge in [-0.05, 0) is 132 Å². The number of rotatable bonds is 4. The van der Waals surface area contributed by atoms with E-state index in [9.17, 15) is 19.8 Å². The molecule has 0 bridgehead atoms. The number of benzene rings is 1. The molecule has 0 radical (unpaired) electrons. The largest absolute Gasteiger partial charge is 0.508 e. The molecule has 5 fully saturated rings. The Morgan fingerprint density at radius 3 is 2.33 bits per heavy atom. The van der Waals surface area contributed by atoms with Crippen LogP contribution in [0.1, 0.15) is 110 Å². The molecule has 5 aliphatic rings. The number of fused-ring (bicyclic) bond motifs is 7. The van der Waals surface area contributed by atoms with Gasteiger partial charge in [0.25, 0.3) is 0 Å². The number of ether oxygens (including phenoxy) is 1. The first kappa shape index (κ1) is 29.9. The molecule has 0 heterocycles.